The molecule has 1 aliphatic rings. The van der Waals surface area contributed by atoms with Crippen molar-refractivity contribution in [2.45, 2.75) is 52.2 Å². The lowest BCUT2D eigenvalue weighted by Gasteiger charge is -2.25. The highest BCUT2D eigenvalue weighted by Gasteiger charge is 2.15. The Balaban J connectivity index is 1.80. The summed E-state index contributed by atoms with van der Waals surface area (Å²) >= 11 is 0. The van der Waals surface area contributed by atoms with E-state index < -0.39 is 0 Å². The molecule has 1 atom stereocenters. The van der Waals surface area contributed by atoms with E-state index in [1.54, 1.807) is 0 Å². The highest BCUT2D eigenvalue weighted by atomic mass is 16.5. The van der Waals surface area contributed by atoms with Crippen LogP contribution in [-0.2, 0) is 18.3 Å². The van der Waals surface area contributed by atoms with Crippen molar-refractivity contribution in [1.29, 1.82) is 0 Å². The predicted octanol–water partition coefficient (Wildman–Crippen LogP) is 2.43. The van der Waals surface area contributed by atoms with Gasteiger partial charge >= 0.3 is 0 Å². The molecule has 0 spiro atoms. The standard InChI is InChI=1S/C15H27N3O/c1-12-13(2)18(4)15(16-12)11-17(3)9-8-14-7-5-6-10-19-14/h14H,5-11H2,1-4H3. The largest absolute Gasteiger partial charge is 0.378 e. The van der Waals surface area contributed by atoms with Crippen LogP contribution in [0.3, 0.4) is 0 Å². The van der Waals surface area contributed by atoms with E-state index in [1.165, 1.54) is 25.0 Å². The monoisotopic (exact) mass is 265 g/mol. The zero-order valence-corrected chi connectivity index (χ0v) is 12.8. The topological polar surface area (TPSA) is 30.3 Å². The quantitative estimate of drug-likeness (QED) is 0.819. The first-order chi connectivity index (χ1) is 9.08. The molecule has 1 saturated heterocycles. The minimum atomic E-state index is 0.473. The average Bonchev–Trinajstić information content (AvgIpc) is 2.65. The second-order valence-electron chi connectivity index (χ2n) is 5.77. The van der Waals surface area contributed by atoms with Crippen molar-refractivity contribution in [1.82, 2.24) is 14.5 Å². The smallest absolute Gasteiger partial charge is 0.123 e. The Bertz CT molecular complexity index is 408. The van der Waals surface area contributed by atoms with E-state index in [1.807, 2.05) is 0 Å². The van der Waals surface area contributed by atoms with Crippen LogP contribution in [0.1, 0.15) is 42.9 Å². The van der Waals surface area contributed by atoms with Gasteiger partial charge in [0.2, 0.25) is 0 Å². The van der Waals surface area contributed by atoms with Gasteiger partial charge in [0, 0.05) is 25.9 Å². The zero-order valence-electron chi connectivity index (χ0n) is 12.8. The molecule has 1 aromatic heterocycles. The molecule has 4 heteroatoms. The SMILES string of the molecule is Cc1nc(CN(C)CCC2CCCCO2)n(C)c1C. The van der Waals surface area contributed by atoms with E-state index in [-0.39, 0.29) is 0 Å². The fourth-order valence-electron chi connectivity index (χ4n) is 2.65. The Hall–Kier alpha value is -0.870. The van der Waals surface area contributed by atoms with Crippen LogP contribution in [0.5, 0.6) is 0 Å². The molecule has 2 rings (SSSR count). The van der Waals surface area contributed by atoms with Gasteiger partial charge in [-0.15, -0.1) is 0 Å². The molecule has 0 bridgehead atoms. The van der Waals surface area contributed by atoms with Gasteiger partial charge in [0.1, 0.15) is 5.82 Å². The van der Waals surface area contributed by atoms with E-state index in [0.29, 0.717) is 6.10 Å². The van der Waals surface area contributed by atoms with Crippen molar-refractivity contribution in [2.75, 3.05) is 20.2 Å². The normalized spacial score (nSPS) is 20.2. The van der Waals surface area contributed by atoms with E-state index in [0.717, 1.165) is 37.6 Å². The third kappa shape index (κ3) is 3.80. The number of ether oxygens (including phenoxy) is 1. The van der Waals surface area contributed by atoms with Crippen LogP contribution < -0.4 is 0 Å². The summed E-state index contributed by atoms with van der Waals surface area (Å²) in [4.78, 5) is 6.98. The summed E-state index contributed by atoms with van der Waals surface area (Å²) in [6, 6.07) is 0. The Kier molecular flexibility index (Phi) is 4.99. The molecule has 1 aliphatic heterocycles. The Labute approximate surface area is 116 Å². The number of imidazole rings is 1. The van der Waals surface area contributed by atoms with Crippen molar-refractivity contribution in [3.05, 3.63) is 17.2 Å². The number of hydrogen-bond donors (Lipinski definition) is 0. The van der Waals surface area contributed by atoms with E-state index in [9.17, 15) is 0 Å². The first-order valence-corrected chi connectivity index (χ1v) is 7.37. The molecule has 0 radical (unpaired) electrons. The molecule has 108 valence electrons. The van der Waals surface area contributed by atoms with Crippen molar-refractivity contribution >= 4 is 0 Å². The molecule has 1 aromatic rings. The number of hydrogen-bond acceptors (Lipinski definition) is 3. The van der Waals surface area contributed by atoms with Gasteiger partial charge in [-0.2, -0.15) is 0 Å². The number of aryl methyl sites for hydroxylation is 1. The lowest BCUT2D eigenvalue weighted by molar-refractivity contribution is 0.00628. The second-order valence-corrected chi connectivity index (χ2v) is 5.77. The van der Waals surface area contributed by atoms with Gasteiger partial charge < -0.3 is 9.30 Å². The highest BCUT2D eigenvalue weighted by Crippen LogP contribution is 2.16. The summed E-state index contributed by atoms with van der Waals surface area (Å²) in [6.45, 7) is 7.15. The Morgan fingerprint density at radius 2 is 2.16 bits per heavy atom. The summed E-state index contributed by atoms with van der Waals surface area (Å²) in [5.41, 5.74) is 2.40. The molecule has 0 saturated carbocycles. The number of aromatic nitrogens is 2. The predicted molar refractivity (Wildman–Crippen MR) is 77.2 cm³/mol. The van der Waals surface area contributed by atoms with Gasteiger partial charge in [0.05, 0.1) is 18.3 Å². The van der Waals surface area contributed by atoms with E-state index in [4.69, 9.17) is 4.74 Å². The first kappa shape index (κ1) is 14.5. The lowest BCUT2D eigenvalue weighted by atomic mass is 10.1. The molecular weight excluding hydrogens is 238 g/mol. The summed E-state index contributed by atoms with van der Waals surface area (Å²) in [7, 11) is 4.27. The van der Waals surface area contributed by atoms with Gasteiger partial charge in [-0.3, -0.25) is 4.90 Å². The molecular formula is C15H27N3O. The summed E-state index contributed by atoms with van der Waals surface area (Å²) in [6.07, 6.45) is 5.40. The van der Waals surface area contributed by atoms with Crippen LogP contribution >= 0.6 is 0 Å². The molecule has 2 heterocycles. The molecule has 0 aliphatic carbocycles. The minimum absolute atomic E-state index is 0.473. The van der Waals surface area contributed by atoms with E-state index >= 15 is 0 Å². The lowest BCUT2D eigenvalue weighted by Crippen LogP contribution is -2.27. The van der Waals surface area contributed by atoms with Gasteiger partial charge in [0.25, 0.3) is 0 Å². The van der Waals surface area contributed by atoms with Crippen molar-refractivity contribution in [3.8, 4) is 0 Å². The molecule has 19 heavy (non-hydrogen) atoms. The Morgan fingerprint density at radius 1 is 1.37 bits per heavy atom. The van der Waals surface area contributed by atoms with Crippen LogP contribution in [0, 0.1) is 13.8 Å². The second kappa shape index (κ2) is 6.53. The zero-order chi connectivity index (χ0) is 13.8. The fraction of sp³-hybridized carbons (Fsp3) is 0.800. The minimum Gasteiger partial charge on any atom is -0.378 e. The van der Waals surface area contributed by atoms with Gasteiger partial charge in [-0.1, -0.05) is 0 Å². The summed E-state index contributed by atoms with van der Waals surface area (Å²) < 4.78 is 7.98. The summed E-state index contributed by atoms with van der Waals surface area (Å²) in [5.74, 6) is 1.15. The van der Waals surface area contributed by atoms with Gasteiger partial charge in [-0.05, 0) is 46.6 Å². The van der Waals surface area contributed by atoms with E-state index in [2.05, 4.69) is 42.4 Å². The third-order valence-electron chi connectivity index (χ3n) is 4.23. The maximum atomic E-state index is 5.78. The molecule has 0 aromatic carbocycles. The van der Waals surface area contributed by atoms with Crippen LogP contribution in [0.15, 0.2) is 0 Å². The fourth-order valence-corrected chi connectivity index (χ4v) is 2.65. The molecule has 0 N–H and O–H groups in total. The van der Waals surface area contributed by atoms with Crippen molar-refractivity contribution in [3.63, 3.8) is 0 Å². The van der Waals surface area contributed by atoms with Gasteiger partial charge in [-0.25, -0.2) is 4.98 Å². The van der Waals surface area contributed by atoms with Crippen molar-refractivity contribution < 1.29 is 4.74 Å². The maximum Gasteiger partial charge on any atom is 0.123 e. The maximum absolute atomic E-state index is 5.78. The van der Waals surface area contributed by atoms with Crippen LogP contribution in [0.2, 0.25) is 0 Å². The van der Waals surface area contributed by atoms with Crippen LogP contribution in [0.4, 0.5) is 0 Å². The average molecular weight is 265 g/mol. The Morgan fingerprint density at radius 3 is 2.74 bits per heavy atom. The number of rotatable bonds is 5. The molecule has 0 amide bonds. The highest BCUT2D eigenvalue weighted by molar-refractivity contribution is 5.13. The third-order valence-corrected chi connectivity index (χ3v) is 4.23. The molecule has 1 unspecified atom stereocenters. The first-order valence-electron chi connectivity index (χ1n) is 7.37. The van der Waals surface area contributed by atoms with Crippen LogP contribution in [0.25, 0.3) is 0 Å². The van der Waals surface area contributed by atoms with Gasteiger partial charge in [0.15, 0.2) is 0 Å². The van der Waals surface area contributed by atoms with Crippen molar-refractivity contribution in [2.24, 2.45) is 7.05 Å². The summed E-state index contributed by atoms with van der Waals surface area (Å²) in [5, 5.41) is 0. The molecule has 1 fully saturated rings. The number of nitrogens with zero attached hydrogens (tertiary/aromatic N) is 3. The van der Waals surface area contributed by atoms with Crippen LogP contribution in [-0.4, -0.2) is 40.8 Å². The molecule has 4 nitrogen and oxygen atoms in total.